The molecule has 1 atom stereocenters. The number of likely N-dealkylation sites (tertiary alicyclic amines) is 1. The standard InChI is InChI=1S/C29H43N3O3/c1-21(2)24-10-6-7-11-25(24)26-19-30(18-22-8-4-3-5-9-22)20-27(33)32(26)23-16-29(17-23)12-14-31(15-13-29)28(34)35/h6-7,10-11,21-23,26H,3-5,8-9,12-20H2,1-2H3,(H,34,35). The molecule has 2 saturated carbocycles. The molecule has 4 aliphatic rings. The molecule has 2 aliphatic carbocycles. The lowest BCUT2D eigenvalue weighted by atomic mass is 9.59. The zero-order valence-corrected chi connectivity index (χ0v) is 21.6. The number of piperidine rings is 1. The van der Waals surface area contributed by atoms with Gasteiger partial charge in [-0.15, -0.1) is 0 Å². The fourth-order valence-corrected chi connectivity index (χ4v) is 7.48. The summed E-state index contributed by atoms with van der Waals surface area (Å²) >= 11 is 0. The molecular formula is C29H43N3O3. The third kappa shape index (κ3) is 5.09. The lowest BCUT2D eigenvalue weighted by molar-refractivity contribution is -0.153. The minimum atomic E-state index is -0.801. The number of hydrogen-bond acceptors (Lipinski definition) is 3. The van der Waals surface area contributed by atoms with Gasteiger partial charge in [-0.05, 0) is 66.9 Å². The molecule has 192 valence electrons. The Labute approximate surface area is 210 Å². The highest BCUT2D eigenvalue weighted by molar-refractivity contribution is 5.80. The Morgan fingerprint density at radius 3 is 2.43 bits per heavy atom. The van der Waals surface area contributed by atoms with Crippen molar-refractivity contribution in [2.75, 3.05) is 32.7 Å². The average Bonchev–Trinajstić information content (AvgIpc) is 2.83. The van der Waals surface area contributed by atoms with E-state index in [0.717, 1.165) is 44.7 Å². The van der Waals surface area contributed by atoms with E-state index in [9.17, 15) is 14.7 Å². The molecule has 0 bridgehead atoms. The second kappa shape index (κ2) is 10.1. The molecule has 6 nitrogen and oxygen atoms in total. The first-order valence-corrected chi connectivity index (χ1v) is 14.0. The van der Waals surface area contributed by atoms with Crippen LogP contribution in [0, 0.1) is 11.3 Å². The van der Waals surface area contributed by atoms with E-state index >= 15 is 0 Å². The molecule has 1 N–H and O–H groups in total. The van der Waals surface area contributed by atoms with Gasteiger partial charge in [0.1, 0.15) is 0 Å². The van der Waals surface area contributed by atoms with Crippen LogP contribution in [0.4, 0.5) is 4.79 Å². The first-order chi connectivity index (χ1) is 16.8. The molecule has 0 aromatic heterocycles. The first kappa shape index (κ1) is 24.6. The van der Waals surface area contributed by atoms with Crippen molar-refractivity contribution in [2.24, 2.45) is 11.3 Å². The van der Waals surface area contributed by atoms with E-state index < -0.39 is 6.09 Å². The van der Waals surface area contributed by atoms with E-state index in [1.165, 1.54) is 43.2 Å². The third-order valence-corrected chi connectivity index (χ3v) is 9.46. The zero-order valence-electron chi connectivity index (χ0n) is 21.6. The van der Waals surface area contributed by atoms with Crippen molar-refractivity contribution in [3.63, 3.8) is 0 Å². The monoisotopic (exact) mass is 481 g/mol. The van der Waals surface area contributed by atoms with Crippen LogP contribution in [0.3, 0.4) is 0 Å². The molecule has 4 fully saturated rings. The van der Waals surface area contributed by atoms with Crippen LogP contribution in [-0.4, -0.2) is 70.6 Å². The molecule has 1 unspecified atom stereocenters. The summed E-state index contributed by atoms with van der Waals surface area (Å²) in [5.74, 6) is 1.44. The third-order valence-electron chi connectivity index (χ3n) is 9.46. The van der Waals surface area contributed by atoms with E-state index in [2.05, 4.69) is 47.9 Å². The number of benzene rings is 1. The molecular weight excluding hydrogens is 438 g/mol. The molecule has 35 heavy (non-hydrogen) atoms. The van der Waals surface area contributed by atoms with Gasteiger partial charge in [0.05, 0.1) is 12.6 Å². The van der Waals surface area contributed by atoms with Crippen LogP contribution >= 0.6 is 0 Å². The summed E-state index contributed by atoms with van der Waals surface area (Å²) in [6, 6.07) is 9.15. The molecule has 2 heterocycles. The summed E-state index contributed by atoms with van der Waals surface area (Å²) in [6.07, 6.45) is 9.75. The van der Waals surface area contributed by atoms with Gasteiger partial charge in [0.25, 0.3) is 0 Å². The molecule has 2 saturated heterocycles. The Morgan fingerprint density at radius 1 is 1.09 bits per heavy atom. The van der Waals surface area contributed by atoms with Gasteiger partial charge in [0.15, 0.2) is 0 Å². The van der Waals surface area contributed by atoms with Gasteiger partial charge in [-0.2, -0.15) is 0 Å². The fourth-order valence-electron chi connectivity index (χ4n) is 7.48. The summed E-state index contributed by atoms with van der Waals surface area (Å²) in [6.45, 7) is 8.30. The topological polar surface area (TPSA) is 64.1 Å². The quantitative estimate of drug-likeness (QED) is 0.603. The first-order valence-electron chi connectivity index (χ1n) is 14.0. The minimum absolute atomic E-state index is 0.111. The average molecular weight is 482 g/mol. The molecule has 6 heteroatoms. The second-order valence-corrected chi connectivity index (χ2v) is 12.1. The summed E-state index contributed by atoms with van der Waals surface area (Å²) in [5.41, 5.74) is 2.91. The molecule has 1 spiro atoms. The highest BCUT2D eigenvalue weighted by atomic mass is 16.4. The maximum absolute atomic E-state index is 13.8. The van der Waals surface area contributed by atoms with Crippen LogP contribution in [-0.2, 0) is 4.79 Å². The van der Waals surface area contributed by atoms with Gasteiger partial charge >= 0.3 is 6.09 Å². The summed E-state index contributed by atoms with van der Waals surface area (Å²) in [5, 5.41) is 9.33. The van der Waals surface area contributed by atoms with Crippen molar-refractivity contribution in [3.05, 3.63) is 35.4 Å². The molecule has 2 aliphatic heterocycles. The van der Waals surface area contributed by atoms with Crippen molar-refractivity contribution >= 4 is 12.0 Å². The highest BCUT2D eigenvalue weighted by Crippen LogP contribution is 2.53. The van der Waals surface area contributed by atoms with Crippen molar-refractivity contribution < 1.29 is 14.7 Å². The normalized spacial score (nSPS) is 26.4. The number of carbonyl (C=O) groups excluding carboxylic acids is 1. The van der Waals surface area contributed by atoms with E-state index in [1.54, 1.807) is 4.90 Å². The molecule has 5 rings (SSSR count). The Hall–Kier alpha value is -2.08. The molecule has 2 amide bonds. The van der Waals surface area contributed by atoms with Gasteiger partial charge < -0.3 is 14.9 Å². The number of nitrogens with zero attached hydrogens (tertiary/aromatic N) is 3. The largest absolute Gasteiger partial charge is 0.465 e. The number of carbonyl (C=O) groups is 2. The van der Waals surface area contributed by atoms with Crippen LogP contribution in [0.5, 0.6) is 0 Å². The van der Waals surface area contributed by atoms with Crippen molar-refractivity contribution in [1.29, 1.82) is 0 Å². The predicted octanol–water partition coefficient (Wildman–Crippen LogP) is 5.50. The van der Waals surface area contributed by atoms with Gasteiger partial charge in [0.2, 0.25) is 5.91 Å². The molecule has 1 aromatic rings. The van der Waals surface area contributed by atoms with E-state index in [0.29, 0.717) is 31.5 Å². The van der Waals surface area contributed by atoms with Crippen molar-refractivity contribution in [3.8, 4) is 0 Å². The van der Waals surface area contributed by atoms with E-state index in [-0.39, 0.29) is 17.5 Å². The van der Waals surface area contributed by atoms with E-state index in [1.807, 2.05) is 0 Å². The highest BCUT2D eigenvalue weighted by Gasteiger charge is 2.52. The van der Waals surface area contributed by atoms with Gasteiger partial charge in [-0.1, -0.05) is 57.4 Å². The van der Waals surface area contributed by atoms with Crippen LogP contribution in [0.15, 0.2) is 24.3 Å². The number of rotatable bonds is 5. The van der Waals surface area contributed by atoms with Crippen LogP contribution in [0.1, 0.15) is 94.7 Å². The summed E-state index contributed by atoms with van der Waals surface area (Å²) < 4.78 is 0. The van der Waals surface area contributed by atoms with Crippen molar-refractivity contribution in [2.45, 2.75) is 89.6 Å². The van der Waals surface area contributed by atoms with Crippen LogP contribution < -0.4 is 0 Å². The van der Waals surface area contributed by atoms with Crippen LogP contribution in [0.2, 0.25) is 0 Å². The molecule has 1 aromatic carbocycles. The Bertz CT molecular complexity index is 910. The second-order valence-electron chi connectivity index (χ2n) is 12.1. The zero-order chi connectivity index (χ0) is 24.6. The number of amides is 2. The Balaban J connectivity index is 1.34. The lowest BCUT2D eigenvalue weighted by Gasteiger charge is -2.58. The minimum Gasteiger partial charge on any atom is -0.465 e. The summed E-state index contributed by atoms with van der Waals surface area (Å²) in [7, 11) is 0. The predicted molar refractivity (Wildman–Crippen MR) is 137 cm³/mol. The summed E-state index contributed by atoms with van der Waals surface area (Å²) in [4.78, 5) is 31.4. The fraction of sp³-hybridized carbons (Fsp3) is 0.724. The van der Waals surface area contributed by atoms with Gasteiger partial charge in [0, 0.05) is 32.2 Å². The maximum Gasteiger partial charge on any atom is 0.407 e. The van der Waals surface area contributed by atoms with Gasteiger partial charge in [-0.25, -0.2) is 4.79 Å². The number of piperazine rings is 1. The van der Waals surface area contributed by atoms with Gasteiger partial charge in [-0.3, -0.25) is 9.69 Å². The smallest absolute Gasteiger partial charge is 0.407 e. The van der Waals surface area contributed by atoms with Crippen molar-refractivity contribution in [1.82, 2.24) is 14.7 Å². The van der Waals surface area contributed by atoms with E-state index in [4.69, 9.17) is 0 Å². The Kier molecular flexibility index (Phi) is 7.11. The SMILES string of the molecule is CC(C)c1ccccc1C1CN(CC2CCCCC2)CC(=O)N1C1CC2(CCN(C(=O)O)CC2)C1. The number of carboxylic acid groups (broad SMARTS) is 1. The van der Waals surface area contributed by atoms with Crippen LogP contribution in [0.25, 0.3) is 0 Å². The maximum atomic E-state index is 13.8. The molecule has 0 radical (unpaired) electrons. The Morgan fingerprint density at radius 2 is 1.77 bits per heavy atom. The number of hydrogen-bond donors (Lipinski definition) is 1. The lowest BCUT2D eigenvalue weighted by Crippen LogP contribution is -2.62.